The van der Waals surface area contributed by atoms with Gasteiger partial charge < -0.3 is 5.32 Å². The zero-order valence-electron chi connectivity index (χ0n) is 11.9. The molecule has 0 aliphatic heterocycles. The summed E-state index contributed by atoms with van der Waals surface area (Å²) in [5, 5.41) is 3.33. The Hall–Kier alpha value is -1.74. The molecule has 0 aliphatic carbocycles. The number of hydrogen-bond acceptors (Lipinski definition) is 3. The quantitative estimate of drug-likeness (QED) is 0.891. The van der Waals surface area contributed by atoms with Gasteiger partial charge in [0.1, 0.15) is 5.82 Å². The molecule has 1 N–H and O–H groups in total. The average molecular weight is 255 g/mol. The fraction of sp³-hybridized carbons (Fsp3) is 0.375. The van der Waals surface area contributed by atoms with Crippen molar-refractivity contribution in [2.75, 3.05) is 0 Å². The third-order valence-electron chi connectivity index (χ3n) is 3.03. The highest BCUT2D eigenvalue weighted by Gasteiger charge is 2.03. The molecular weight excluding hydrogens is 234 g/mol. The van der Waals surface area contributed by atoms with Crippen LogP contribution in [0, 0.1) is 0 Å². The van der Waals surface area contributed by atoms with Crippen LogP contribution in [0.15, 0.2) is 36.5 Å². The first-order valence-corrected chi connectivity index (χ1v) is 6.83. The number of hydrogen-bond donors (Lipinski definition) is 1. The van der Waals surface area contributed by atoms with Crippen LogP contribution in [-0.4, -0.2) is 16.0 Å². The molecule has 0 fully saturated rings. The van der Waals surface area contributed by atoms with E-state index in [4.69, 9.17) is 0 Å². The molecule has 0 saturated heterocycles. The maximum Gasteiger partial charge on any atom is 0.142 e. The molecule has 0 saturated carbocycles. The Bertz CT molecular complexity index is 518. The Labute approximate surface area is 115 Å². The maximum atomic E-state index is 4.60. The molecule has 1 heterocycles. The predicted molar refractivity (Wildman–Crippen MR) is 78.8 cm³/mol. The molecule has 0 unspecified atom stereocenters. The number of aromatic nitrogens is 2. The van der Waals surface area contributed by atoms with E-state index in [9.17, 15) is 0 Å². The summed E-state index contributed by atoms with van der Waals surface area (Å²) in [5.41, 5.74) is 3.48. The molecule has 0 bridgehead atoms. The van der Waals surface area contributed by atoms with Crippen LogP contribution in [0.2, 0.25) is 0 Å². The topological polar surface area (TPSA) is 37.8 Å². The maximum absolute atomic E-state index is 4.60. The summed E-state index contributed by atoms with van der Waals surface area (Å²) in [7, 11) is 0. The Morgan fingerprint density at radius 2 is 1.84 bits per heavy atom. The third-order valence-corrected chi connectivity index (χ3v) is 3.03. The van der Waals surface area contributed by atoms with Gasteiger partial charge in [0.05, 0.1) is 12.2 Å². The first-order chi connectivity index (χ1) is 9.19. The van der Waals surface area contributed by atoms with Gasteiger partial charge in [0.15, 0.2) is 0 Å². The van der Waals surface area contributed by atoms with Crippen molar-refractivity contribution in [1.29, 1.82) is 0 Å². The molecule has 2 rings (SSSR count). The van der Waals surface area contributed by atoms with Crippen LogP contribution in [0.25, 0.3) is 11.3 Å². The van der Waals surface area contributed by atoms with Gasteiger partial charge >= 0.3 is 0 Å². The van der Waals surface area contributed by atoms with Gasteiger partial charge in [-0.1, -0.05) is 45.0 Å². The third kappa shape index (κ3) is 3.86. The lowest BCUT2D eigenvalue weighted by Crippen LogP contribution is -2.23. The van der Waals surface area contributed by atoms with E-state index >= 15 is 0 Å². The van der Waals surface area contributed by atoms with Gasteiger partial charge in [-0.15, -0.1) is 0 Å². The van der Waals surface area contributed by atoms with Crippen LogP contribution >= 0.6 is 0 Å². The van der Waals surface area contributed by atoms with Crippen molar-refractivity contribution >= 4 is 0 Å². The largest absolute Gasteiger partial charge is 0.308 e. The van der Waals surface area contributed by atoms with E-state index < -0.39 is 0 Å². The van der Waals surface area contributed by atoms with Crippen molar-refractivity contribution in [3.05, 3.63) is 47.9 Å². The van der Waals surface area contributed by atoms with E-state index in [1.54, 1.807) is 0 Å². The first-order valence-electron chi connectivity index (χ1n) is 6.83. The molecule has 100 valence electrons. The minimum atomic E-state index is 0.441. The fourth-order valence-corrected chi connectivity index (χ4v) is 1.85. The van der Waals surface area contributed by atoms with Crippen LogP contribution < -0.4 is 5.32 Å². The molecule has 19 heavy (non-hydrogen) atoms. The average Bonchev–Trinajstić information content (AvgIpc) is 2.45. The van der Waals surface area contributed by atoms with E-state index in [1.165, 1.54) is 5.56 Å². The SMILES string of the molecule is CCc1ccc(-c2ccnc(CNC(C)C)n2)cc1. The van der Waals surface area contributed by atoms with Gasteiger partial charge in [0, 0.05) is 17.8 Å². The molecule has 1 aromatic heterocycles. The predicted octanol–water partition coefficient (Wildman–Crippen LogP) is 3.20. The van der Waals surface area contributed by atoms with Gasteiger partial charge in [-0.05, 0) is 18.1 Å². The van der Waals surface area contributed by atoms with Gasteiger partial charge in [-0.2, -0.15) is 0 Å². The zero-order valence-corrected chi connectivity index (χ0v) is 11.9. The summed E-state index contributed by atoms with van der Waals surface area (Å²) < 4.78 is 0. The van der Waals surface area contributed by atoms with Crippen molar-refractivity contribution in [3.63, 3.8) is 0 Å². The Morgan fingerprint density at radius 3 is 2.47 bits per heavy atom. The molecule has 0 amide bonds. The molecule has 2 aromatic rings. The minimum absolute atomic E-state index is 0.441. The van der Waals surface area contributed by atoms with Crippen LogP contribution in [-0.2, 0) is 13.0 Å². The normalized spacial score (nSPS) is 10.9. The standard InChI is InChI=1S/C16H21N3/c1-4-13-5-7-14(8-6-13)15-9-10-17-16(19-15)11-18-12(2)3/h5-10,12,18H,4,11H2,1-3H3. The second kappa shape index (κ2) is 6.43. The smallest absolute Gasteiger partial charge is 0.142 e. The molecule has 1 aromatic carbocycles. The Morgan fingerprint density at radius 1 is 1.11 bits per heavy atom. The molecular formula is C16H21N3. The van der Waals surface area contributed by atoms with Crippen LogP contribution in [0.5, 0.6) is 0 Å². The summed E-state index contributed by atoms with van der Waals surface area (Å²) in [4.78, 5) is 8.89. The summed E-state index contributed by atoms with van der Waals surface area (Å²) in [5.74, 6) is 0.839. The highest BCUT2D eigenvalue weighted by Crippen LogP contribution is 2.17. The number of benzene rings is 1. The summed E-state index contributed by atoms with van der Waals surface area (Å²) in [6.45, 7) is 7.11. The lowest BCUT2D eigenvalue weighted by molar-refractivity contribution is 0.572. The molecule has 0 aliphatic rings. The van der Waals surface area contributed by atoms with Crippen molar-refractivity contribution in [3.8, 4) is 11.3 Å². The number of rotatable bonds is 5. The van der Waals surface area contributed by atoms with Gasteiger partial charge in [0.2, 0.25) is 0 Å². The number of nitrogens with one attached hydrogen (secondary N) is 1. The minimum Gasteiger partial charge on any atom is -0.308 e. The summed E-state index contributed by atoms with van der Waals surface area (Å²) in [6.07, 6.45) is 2.89. The van der Waals surface area contributed by atoms with Gasteiger partial charge in [0.25, 0.3) is 0 Å². The van der Waals surface area contributed by atoms with Crippen LogP contribution in [0.1, 0.15) is 32.2 Å². The lowest BCUT2D eigenvalue weighted by atomic mass is 10.1. The number of nitrogens with zero attached hydrogens (tertiary/aromatic N) is 2. The monoisotopic (exact) mass is 255 g/mol. The second-order valence-electron chi connectivity index (χ2n) is 4.94. The second-order valence-corrected chi connectivity index (χ2v) is 4.94. The van der Waals surface area contributed by atoms with Crippen molar-refractivity contribution in [2.45, 2.75) is 39.8 Å². The van der Waals surface area contributed by atoms with Crippen molar-refractivity contribution in [2.24, 2.45) is 0 Å². The van der Waals surface area contributed by atoms with E-state index in [-0.39, 0.29) is 0 Å². The molecule has 3 heteroatoms. The van der Waals surface area contributed by atoms with Gasteiger partial charge in [-0.25, -0.2) is 9.97 Å². The highest BCUT2D eigenvalue weighted by molar-refractivity contribution is 5.58. The van der Waals surface area contributed by atoms with E-state index in [0.29, 0.717) is 12.6 Å². The van der Waals surface area contributed by atoms with Crippen LogP contribution in [0.3, 0.4) is 0 Å². The fourth-order valence-electron chi connectivity index (χ4n) is 1.85. The van der Waals surface area contributed by atoms with Crippen LogP contribution in [0.4, 0.5) is 0 Å². The molecule has 0 radical (unpaired) electrons. The van der Waals surface area contributed by atoms with E-state index in [1.807, 2.05) is 12.3 Å². The van der Waals surface area contributed by atoms with Crippen molar-refractivity contribution < 1.29 is 0 Å². The summed E-state index contributed by atoms with van der Waals surface area (Å²) in [6, 6.07) is 11.0. The van der Waals surface area contributed by atoms with Gasteiger partial charge in [-0.3, -0.25) is 0 Å². The highest BCUT2D eigenvalue weighted by atomic mass is 15.0. The lowest BCUT2D eigenvalue weighted by Gasteiger charge is -2.08. The Balaban J connectivity index is 2.17. The molecule has 0 spiro atoms. The summed E-state index contributed by atoms with van der Waals surface area (Å²) >= 11 is 0. The Kier molecular flexibility index (Phi) is 4.63. The zero-order chi connectivity index (χ0) is 13.7. The van der Waals surface area contributed by atoms with E-state index in [0.717, 1.165) is 23.5 Å². The number of aryl methyl sites for hydroxylation is 1. The van der Waals surface area contributed by atoms with Crippen molar-refractivity contribution in [1.82, 2.24) is 15.3 Å². The molecule has 3 nitrogen and oxygen atoms in total. The first kappa shape index (κ1) is 13.7. The molecule has 0 atom stereocenters. The van der Waals surface area contributed by atoms with E-state index in [2.05, 4.69) is 60.3 Å².